The Morgan fingerprint density at radius 1 is 0.879 bits per heavy atom. The van der Waals surface area contributed by atoms with E-state index in [1.165, 1.54) is 6.07 Å². The number of hydrogen-bond acceptors (Lipinski definition) is 2. The Balaban J connectivity index is 1.96. The molecule has 3 aromatic rings. The summed E-state index contributed by atoms with van der Waals surface area (Å²) < 4.78 is 14.3. The second-order valence-electron chi connectivity index (χ2n) is 8.30. The molecule has 3 aromatic carbocycles. The highest BCUT2D eigenvalue weighted by Crippen LogP contribution is 2.18. The van der Waals surface area contributed by atoms with E-state index >= 15 is 0 Å². The molecule has 33 heavy (non-hydrogen) atoms. The summed E-state index contributed by atoms with van der Waals surface area (Å²) in [6.45, 7) is 4.21. The van der Waals surface area contributed by atoms with Gasteiger partial charge in [0.1, 0.15) is 11.9 Å². The molecule has 0 spiro atoms. The molecule has 1 N–H and O–H groups in total. The topological polar surface area (TPSA) is 49.4 Å². The van der Waals surface area contributed by atoms with Crippen LogP contribution in [-0.4, -0.2) is 28.8 Å². The van der Waals surface area contributed by atoms with E-state index in [1.807, 2.05) is 74.5 Å². The average Bonchev–Trinajstić information content (AvgIpc) is 2.83. The van der Waals surface area contributed by atoms with Crippen LogP contribution in [0.15, 0.2) is 84.9 Å². The van der Waals surface area contributed by atoms with Gasteiger partial charge in [-0.2, -0.15) is 0 Å². The van der Waals surface area contributed by atoms with E-state index < -0.39 is 11.9 Å². The molecule has 0 fully saturated rings. The van der Waals surface area contributed by atoms with Gasteiger partial charge in [0.05, 0.1) is 6.42 Å². The van der Waals surface area contributed by atoms with Gasteiger partial charge in [-0.3, -0.25) is 9.59 Å². The molecule has 0 saturated carbocycles. The molecule has 0 aliphatic heterocycles. The van der Waals surface area contributed by atoms with Crippen molar-refractivity contribution in [1.82, 2.24) is 10.2 Å². The number of carbonyl (C=O) groups excluding carboxylic acids is 2. The molecule has 0 aliphatic rings. The highest BCUT2D eigenvalue weighted by molar-refractivity contribution is 5.89. The molecule has 0 radical (unpaired) electrons. The van der Waals surface area contributed by atoms with E-state index in [2.05, 4.69) is 5.32 Å². The van der Waals surface area contributed by atoms with Crippen molar-refractivity contribution in [2.75, 3.05) is 0 Å². The predicted molar refractivity (Wildman–Crippen MR) is 129 cm³/mol. The quantitative estimate of drug-likeness (QED) is 0.480. The Morgan fingerprint density at radius 2 is 1.45 bits per heavy atom. The summed E-state index contributed by atoms with van der Waals surface area (Å²) in [5.41, 5.74) is 2.19. The second kappa shape index (κ2) is 12.0. The minimum absolute atomic E-state index is 0.0176. The van der Waals surface area contributed by atoms with Crippen LogP contribution in [0.2, 0.25) is 0 Å². The van der Waals surface area contributed by atoms with Crippen LogP contribution >= 0.6 is 0 Å². The van der Waals surface area contributed by atoms with E-state index in [-0.39, 0.29) is 30.8 Å². The van der Waals surface area contributed by atoms with Gasteiger partial charge in [-0.05, 0) is 36.1 Å². The molecule has 0 aromatic heterocycles. The summed E-state index contributed by atoms with van der Waals surface area (Å²) in [5.74, 6) is -0.913. The first kappa shape index (κ1) is 24.2. The summed E-state index contributed by atoms with van der Waals surface area (Å²) in [4.78, 5) is 28.5. The van der Waals surface area contributed by atoms with E-state index in [0.717, 1.165) is 17.5 Å². The molecule has 0 saturated heterocycles. The maximum Gasteiger partial charge on any atom is 0.243 e. The van der Waals surface area contributed by atoms with Gasteiger partial charge in [0, 0.05) is 19.0 Å². The van der Waals surface area contributed by atoms with Crippen molar-refractivity contribution in [2.24, 2.45) is 0 Å². The third-order valence-corrected chi connectivity index (χ3v) is 5.77. The van der Waals surface area contributed by atoms with E-state index in [1.54, 1.807) is 23.1 Å². The highest BCUT2D eigenvalue weighted by Gasteiger charge is 2.31. The Labute approximate surface area is 195 Å². The summed E-state index contributed by atoms with van der Waals surface area (Å²) in [5, 5.41) is 3.04. The molecule has 2 amide bonds. The van der Waals surface area contributed by atoms with Gasteiger partial charge in [0.25, 0.3) is 0 Å². The van der Waals surface area contributed by atoms with Crippen LogP contribution < -0.4 is 5.32 Å². The normalized spacial score (nSPS) is 12.6. The van der Waals surface area contributed by atoms with E-state index in [9.17, 15) is 14.0 Å². The lowest BCUT2D eigenvalue weighted by atomic mass is 10.0. The monoisotopic (exact) mass is 446 g/mol. The SMILES string of the molecule is CC[C@@H](C)NC(=O)[C@H](Cc1ccccc1)N(Cc1ccccc1)C(=O)Cc1ccccc1F. The molecule has 0 unspecified atom stereocenters. The lowest BCUT2D eigenvalue weighted by Gasteiger charge is -2.32. The van der Waals surface area contributed by atoms with Crippen molar-refractivity contribution in [3.05, 3.63) is 107 Å². The molecule has 0 heterocycles. The summed E-state index contributed by atoms with van der Waals surface area (Å²) >= 11 is 0. The van der Waals surface area contributed by atoms with E-state index in [0.29, 0.717) is 12.0 Å². The molecular weight excluding hydrogens is 415 g/mol. The molecule has 2 atom stereocenters. The third-order valence-electron chi connectivity index (χ3n) is 5.77. The van der Waals surface area contributed by atoms with Crippen LogP contribution in [0.3, 0.4) is 0 Å². The van der Waals surface area contributed by atoms with Crippen molar-refractivity contribution in [1.29, 1.82) is 0 Å². The van der Waals surface area contributed by atoms with Crippen LogP contribution in [0.4, 0.5) is 4.39 Å². The molecule has 3 rings (SSSR count). The number of hydrogen-bond donors (Lipinski definition) is 1. The van der Waals surface area contributed by atoms with Crippen molar-refractivity contribution in [3.8, 4) is 0 Å². The summed E-state index contributed by atoms with van der Waals surface area (Å²) in [7, 11) is 0. The molecule has 5 heteroatoms. The number of amides is 2. The van der Waals surface area contributed by atoms with Crippen LogP contribution in [0.5, 0.6) is 0 Å². The van der Waals surface area contributed by atoms with Crippen LogP contribution in [-0.2, 0) is 29.0 Å². The van der Waals surface area contributed by atoms with Crippen molar-refractivity contribution >= 4 is 11.8 Å². The Morgan fingerprint density at radius 3 is 2.06 bits per heavy atom. The lowest BCUT2D eigenvalue weighted by molar-refractivity contribution is -0.141. The fourth-order valence-corrected chi connectivity index (χ4v) is 3.68. The smallest absolute Gasteiger partial charge is 0.243 e. The number of rotatable bonds is 10. The summed E-state index contributed by atoms with van der Waals surface area (Å²) in [6.07, 6.45) is 1.05. The number of benzene rings is 3. The first-order valence-electron chi connectivity index (χ1n) is 11.4. The zero-order chi connectivity index (χ0) is 23.6. The zero-order valence-electron chi connectivity index (χ0n) is 19.2. The molecular formula is C28H31FN2O2. The maximum absolute atomic E-state index is 14.3. The van der Waals surface area contributed by atoms with Gasteiger partial charge < -0.3 is 10.2 Å². The second-order valence-corrected chi connectivity index (χ2v) is 8.30. The fraction of sp³-hybridized carbons (Fsp3) is 0.286. The molecule has 172 valence electrons. The van der Waals surface area contributed by atoms with Gasteiger partial charge in [0.15, 0.2) is 0 Å². The Hall–Kier alpha value is -3.47. The zero-order valence-corrected chi connectivity index (χ0v) is 19.2. The molecule has 4 nitrogen and oxygen atoms in total. The standard InChI is InChI=1S/C28H31FN2O2/c1-3-21(2)30-28(33)26(18-22-12-6-4-7-13-22)31(20-23-14-8-5-9-15-23)27(32)19-24-16-10-11-17-25(24)29/h4-17,21,26H,3,18-20H2,1-2H3,(H,30,33)/t21-,26+/m1/s1. The first-order valence-corrected chi connectivity index (χ1v) is 11.4. The van der Waals surface area contributed by atoms with Gasteiger partial charge in [-0.15, -0.1) is 0 Å². The lowest BCUT2D eigenvalue weighted by Crippen LogP contribution is -2.52. The Bertz CT molecular complexity index is 1040. The highest BCUT2D eigenvalue weighted by atomic mass is 19.1. The summed E-state index contributed by atoms with van der Waals surface area (Å²) in [6, 6.07) is 24.8. The van der Waals surface area contributed by atoms with E-state index in [4.69, 9.17) is 0 Å². The number of nitrogens with one attached hydrogen (secondary N) is 1. The fourth-order valence-electron chi connectivity index (χ4n) is 3.68. The molecule has 0 bridgehead atoms. The number of carbonyl (C=O) groups is 2. The van der Waals surface area contributed by atoms with Crippen molar-refractivity contribution in [3.63, 3.8) is 0 Å². The minimum Gasteiger partial charge on any atom is -0.352 e. The molecule has 0 aliphatic carbocycles. The minimum atomic E-state index is -0.721. The van der Waals surface area contributed by atoms with Crippen LogP contribution in [0.25, 0.3) is 0 Å². The van der Waals surface area contributed by atoms with Gasteiger partial charge >= 0.3 is 0 Å². The van der Waals surface area contributed by atoms with Crippen LogP contribution in [0, 0.1) is 5.82 Å². The first-order chi connectivity index (χ1) is 16.0. The van der Waals surface area contributed by atoms with Crippen LogP contribution in [0.1, 0.15) is 37.0 Å². The predicted octanol–water partition coefficient (Wildman–Crippen LogP) is 4.92. The average molecular weight is 447 g/mol. The Kier molecular flexibility index (Phi) is 8.76. The van der Waals surface area contributed by atoms with Crippen molar-refractivity contribution in [2.45, 2.75) is 51.7 Å². The van der Waals surface area contributed by atoms with Gasteiger partial charge in [0.2, 0.25) is 11.8 Å². The van der Waals surface area contributed by atoms with Gasteiger partial charge in [-0.1, -0.05) is 85.8 Å². The number of nitrogens with zero attached hydrogens (tertiary/aromatic N) is 1. The van der Waals surface area contributed by atoms with Crippen molar-refractivity contribution < 1.29 is 14.0 Å². The number of halogens is 1. The van der Waals surface area contributed by atoms with Gasteiger partial charge in [-0.25, -0.2) is 4.39 Å². The third kappa shape index (κ3) is 7.01. The largest absolute Gasteiger partial charge is 0.352 e. The maximum atomic E-state index is 14.3.